The normalized spacial score (nSPS) is 15.2. The summed E-state index contributed by atoms with van der Waals surface area (Å²) < 4.78 is 32.2. The number of amides is 3. The molecule has 3 N–H and O–H groups in total. The number of morpholine rings is 1. The van der Waals surface area contributed by atoms with E-state index in [1.165, 1.54) is 0 Å². The van der Waals surface area contributed by atoms with Crippen molar-refractivity contribution in [2.24, 2.45) is 0 Å². The first-order valence-electron chi connectivity index (χ1n) is 10.2. The van der Waals surface area contributed by atoms with Gasteiger partial charge in [-0.2, -0.15) is 0 Å². The lowest BCUT2D eigenvalue weighted by Crippen LogP contribution is -2.51. The summed E-state index contributed by atoms with van der Waals surface area (Å²) >= 11 is 0. The molecule has 0 bridgehead atoms. The molecule has 1 fully saturated rings. The number of hydrogen-bond acceptors (Lipinski definition) is 4. The Bertz CT molecular complexity index is 876. The van der Waals surface area contributed by atoms with Crippen molar-refractivity contribution in [1.29, 1.82) is 0 Å². The van der Waals surface area contributed by atoms with Crippen molar-refractivity contribution in [3.63, 3.8) is 0 Å². The van der Waals surface area contributed by atoms with Crippen molar-refractivity contribution in [2.75, 3.05) is 44.7 Å². The van der Waals surface area contributed by atoms with E-state index in [4.69, 9.17) is 4.74 Å². The Morgan fingerprint density at radius 3 is 2.52 bits per heavy atom. The van der Waals surface area contributed by atoms with Gasteiger partial charge in [0, 0.05) is 38.7 Å². The SMILES string of the molecule is O=C(Nc1ccc(F)cc1F)NC(Cc1ccccc1)C(=O)NCCN1CCOCC1. The molecule has 1 saturated heterocycles. The lowest BCUT2D eigenvalue weighted by Gasteiger charge is -2.27. The molecule has 1 aliphatic heterocycles. The molecule has 2 aromatic carbocycles. The predicted octanol–water partition coefficient (Wildman–Crippen LogP) is 2.15. The minimum Gasteiger partial charge on any atom is -0.379 e. The molecule has 1 aliphatic rings. The molecule has 1 unspecified atom stereocenters. The van der Waals surface area contributed by atoms with Gasteiger partial charge in [-0.15, -0.1) is 0 Å². The van der Waals surface area contributed by atoms with E-state index in [1.54, 1.807) is 0 Å². The molecule has 0 spiro atoms. The van der Waals surface area contributed by atoms with Crippen LogP contribution < -0.4 is 16.0 Å². The monoisotopic (exact) mass is 432 g/mol. The van der Waals surface area contributed by atoms with Gasteiger partial charge >= 0.3 is 6.03 Å². The largest absolute Gasteiger partial charge is 0.379 e. The molecule has 0 aromatic heterocycles. The Kier molecular flexibility index (Phi) is 8.31. The lowest BCUT2D eigenvalue weighted by atomic mass is 10.1. The number of hydrogen-bond donors (Lipinski definition) is 3. The van der Waals surface area contributed by atoms with Gasteiger partial charge in [0.2, 0.25) is 5.91 Å². The number of carbonyl (C=O) groups excluding carboxylic acids is 2. The number of benzene rings is 2. The fourth-order valence-electron chi connectivity index (χ4n) is 3.25. The van der Waals surface area contributed by atoms with Crippen molar-refractivity contribution in [1.82, 2.24) is 15.5 Å². The molecule has 9 heteroatoms. The predicted molar refractivity (Wildman–Crippen MR) is 113 cm³/mol. The highest BCUT2D eigenvalue weighted by atomic mass is 19.1. The van der Waals surface area contributed by atoms with Gasteiger partial charge in [-0.05, 0) is 17.7 Å². The van der Waals surface area contributed by atoms with E-state index in [2.05, 4.69) is 20.9 Å². The number of halogens is 2. The molecule has 1 atom stereocenters. The van der Waals surface area contributed by atoms with E-state index in [0.29, 0.717) is 32.4 Å². The number of nitrogens with zero attached hydrogens (tertiary/aromatic N) is 1. The van der Waals surface area contributed by atoms with E-state index in [1.807, 2.05) is 30.3 Å². The first-order chi connectivity index (χ1) is 15.0. The van der Waals surface area contributed by atoms with Crippen LogP contribution in [0, 0.1) is 11.6 Å². The highest BCUT2D eigenvalue weighted by Gasteiger charge is 2.22. The fraction of sp³-hybridized carbons (Fsp3) is 0.364. The first kappa shape index (κ1) is 22.6. The zero-order valence-electron chi connectivity index (χ0n) is 17.1. The minimum atomic E-state index is -0.898. The zero-order valence-corrected chi connectivity index (χ0v) is 17.1. The maximum absolute atomic E-state index is 13.8. The van der Waals surface area contributed by atoms with Crippen molar-refractivity contribution in [3.05, 3.63) is 65.7 Å². The highest BCUT2D eigenvalue weighted by Crippen LogP contribution is 2.15. The molecule has 166 valence electrons. The molecule has 3 amide bonds. The second-order valence-corrected chi connectivity index (χ2v) is 7.21. The standard InChI is InChI=1S/C22H26F2N4O3/c23-17-6-7-19(18(24)15-17)26-22(30)27-20(14-16-4-2-1-3-5-16)21(29)25-8-9-28-10-12-31-13-11-28/h1-7,15,20H,8-14H2,(H,25,29)(H2,26,27,30). The van der Waals surface area contributed by atoms with Gasteiger partial charge in [-0.25, -0.2) is 13.6 Å². The maximum Gasteiger partial charge on any atom is 0.319 e. The molecule has 0 aliphatic carbocycles. The number of nitrogens with one attached hydrogen (secondary N) is 3. The third-order valence-electron chi connectivity index (χ3n) is 4.91. The van der Waals surface area contributed by atoms with Crippen LogP contribution in [0.3, 0.4) is 0 Å². The fourth-order valence-corrected chi connectivity index (χ4v) is 3.25. The first-order valence-corrected chi connectivity index (χ1v) is 10.2. The van der Waals surface area contributed by atoms with Gasteiger partial charge in [0.25, 0.3) is 0 Å². The summed E-state index contributed by atoms with van der Waals surface area (Å²) in [5, 5.41) is 7.76. The average molecular weight is 432 g/mol. The van der Waals surface area contributed by atoms with Crippen molar-refractivity contribution < 1.29 is 23.1 Å². The number of anilines is 1. The average Bonchev–Trinajstić information content (AvgIpc) is 2.77. The summed E-state index contributed by atoms with van der Waals surface area (Å²) in [6.07, 6.45) is 0.267. The number of ether oxygens (including phenoxy) is 1. The van der Waals surface area contributed by atoms with Gasteiger partial charge in [0.1, 0.15) is 17.7 Å². The summed E-state index contributed by atoms with van der Waals surface area (Å²) in [6.45, 7) is 4.08. The number of urea groups is 1. The Morgan fingerprint density at radius 1 is 1.06 bits per heavy atom. The smallest absolute Gasteiger partial charge is 0.319 e. The second kappa shape index (κ2) is 11.4. The van der Waals surface area contributed by atoms with E-state index >= 15 is 0 Å². The van der Waals surface area contributed by atoms with Gasteiger partial charge in [-0.3, -0.25) is 9.69 Å². The van der Waals surface area contributed by atoms with E-state index < -0.39 is 23.7 Å². The zero-order chi connectivity index (χ0) is 22.1. The van der Waals surface area contributed by atoms with Gasteiger partial charge in [0.05, 0.1) is 18.9 Å². The third-order valence-corrected chi connectivity index (χ3v) is 4.91. The summed E-state index contributed by atoms with van der Waals surface area (Å²) in [4.78, 5) is 27.3. The topological polar surface area (TPSA) is 82.7 Å². The molecular formula is C22H26F2N4O3. The third kappa shape index (κ3) is 7.30. The van der Waals surface area contributed by atoms with Gasteiger partial charge in [0.15, 0.2) is 0 Å². The lowest BCUT2D eigenvalue weighted by molar-refractivity contribution is -0.123. The molecule has 3 rings (SSSR count). The van der Waals surface area contributed by atoms with E-state index in [0.717, 1.165) is 30.8 Å². The Hall–Kier alpha value is -3.04. The van der Waals surface area contributed by atoms with Crippen LogP contribution in [0.2, 0.25) is 0 Å². The Labute approximate surface area is 179 Å². The summed E-state index contributed by atoms with van der Waals surface area (Å²) in [7, 11) is 0. The van der Waals surface area contributed by atoms with Crippen LogP contribution in [0.5, 0.6) is 0 Å². The molecule has 1 heterocycles. The summed E-state index contributed by atoms with van der Waals surface area (Å²) in [5.74, 6) is -1.98. The van der Waals surface area contributed by atoms with E-state index in [9.17, 15) is 18.4 Å². The molecule has 7 nitrogen and oxygen atoms in total. The quantitative estimate of drug-likeness (QED) is 0.597. The van der Waals surface area contributed by atoms with Crippen molar-refractivity contribution in [3.8, 4) is 0 Å². The van der Waals surface area contributed by atoms with Crippen LogP contribution >= 0.6 is 0 Å². The Balaban J connectivity index is 1.59. The van der Waals surface area contributed by atoms with Gasteiger partial charge < -0.3 is 20.7 Å². The summed E-state index contributed by atoms with van der Waals surface area (Å²) in [6, 6.07) is 10.5. The van der Waals surface area contributed by atoms with Crippen LogP contribution in [0.4, 0.5) is 19.3 Å². The number of carbonyl (C=O) groups is 2. The minimum absolute atomic E-state index is 0.176. The van der Waals surface area contributed by atoms with Crippen LogP contribution in [0.15, 0.2) is 48.5 Å². The van der Waals surface area contributed by atoms with Crippen LogP contribution in [-0.4, -0.2) is 62.3 Å². The molecule has 0 radical (unpaired) electrons. The number of rotatable bonds is 8. The molecule has 31 heavy (non-hydrogen) atoms. The van der Waals surface area contributed by atoms with Crippen LogP contribution in [0.1, 0.15) is 5.56 Å². The van der Waals surface area contributed by atoms with Crippen LogP contribution in [0.25, 0.3) is 0 Å². The van der Waals surface area contributed by atoms with Crippen molar-refractivity contribution >= 4 is 17.6 Å². The summed E-state index contributed by atoms with van der Waals surface area (Å²) in [5.41, 5.74) is 0.689. The van der Waals surface area contributed by atoms with Crippen molar-refractivity contribution in [2.45, 2.75) is 12.5 Å². The molecular weight excluding hydrogens is 406 g/mol. The van der Waals surface area contributed by atoms with E-state index in [-0.39, 0.29) is 18.0 Å². The molecule has 0 saturated carbocycles. The second-order valence-electron chi connectivity index (χ2n) is 7.21. The van der Waals surface area contributed by atoms with Crippen LogP contribution in [-0.2, 0) is 16.0 Å². The van der Waals surface area contributed by atoms with Gasteiger partial charge in [-0.1, -0.05) is 30.3 Å². The Morgan fingerprint density at radius 2 is 1.81 bits per heavy atom. The highest BCUT2D eigenvalue weighted by molar-refractivity contribution is 5.93. The maximum atomic E-state index is 13.8. The molecule has 2 aromatic rings.